The molecule has 554 valence electrons. The molecule has 1 unspecified atom stereocenters. The summed E-state index contributed by atoms with van der Waals surface area (Å²) in [5.74, 6) is 14.8. The molecule has 8 heteroatoms. The highest BCUT2D eigenvalue weighted by molar-refractivity contribution is 7.93. The molecule has 0 heterocycles. The molecular formula is C88H153FO6S. The average Bonchev–Trinajstić information content (AvgIpc) is 1.46. The third-order valence-electron chi connectivity index (χ3n) is 32.7. The van der Waals surface area contributed by atoms with Gasteiger partial charge in [0.1, 0.15) is 0 Å². The molecule has 27 atom stereocenters. The number of halogens is 1. The van der Waals surface area contributed by atoms with Crippen LogP contribution >= 0.6 is 12.1 Å². The van der Waals surface area contributed by atoms with Crippen molar-refractivity contribution in [2.75, 3.05) is 6.26 Å². The maximum absolute atomic E-state index is 10.9. The highest BCUT2D eigenvalue weighted by Crippen LogP contribution is 2.69. The number of hydrogen-bond donors (Lipinski definition) is 6. The van der Waals surface area contributed by atoms with Crippen molar-refractivity contribution in [2.45, 2.75) is 372 Å². The van der Waals surface area contributed by atoms with Crippen molar-refractivity contribution in [1.82, 2.24) is 0 Å². The Kier molecular flexibility index (Phi) is 25.7. The molecule has 96 heavy (non-hydrogen) atoms. The second-order valence-corrected chi connectivity index (χ2v) is 41.0. The Morgan fingerprint density at radius 3 is 0.854 bits per heavy atom. The Balaban J connectivity index is 0.000000165. The van der Waals surface area contributed by atoms with Crippen LogP contribution in [0.3, 0.4) is 0 Å². The van der Waals surface area contributed by atoms with E-state index in [0.29, 0.717) is 34.0 Å². The summed E-state index contributed by atoms with van der Waals surface area (Å²) >= 11 is 0.250. The first-order chi connectivity index (χ1) is 44.9. The molecule has 0 bridgehead atoms. The molecule has 0 aromatic rings. The fraction of sp³-hybridized carbons (Fsp3) is 0.932. The maximum atomic E-state index is 10.9. The third kappa shape index (κ3) is 16.7. The smallest absolute Gasteiger partial charge is 0.0682 e. The Hall–Kier alpha value is -0.740. The van der Waals surface area contributed by atoms with Gasteiger partial charge in [0.15, 0.2) is 0 Å². The van der Waals surface area contributed by atoms with Crippen molar-refractivity contribution in [1.29, 1.82) is 0 Å². The highest BCUT2D eigenvalue weighted by atomic mass is 32.2. The largest absolute Gasteiger partial charge is 0.393 e. The molecule has 0 saturated heterocycles. The lowest BCUT2D eigenvalue weighted by atomic mass is 9.50. The Bertz CT molecular complexity index is 2330. The van der Waals surface area contributed by atoms with Crippen LogP contribution in [-0.4, -0.2) is 72.0 Å². The molecule has 12 aliphatic carbocycles. The molecule has 0 spiro atoms. The molecule has 0 aromatic heterocycles. The lowest BCUT2D eigenvalue weighted by molar-refractivity contribution is -0.0472. The lowest BCUT2D eigenvalue weighted by Gasteiger charge is -2.55. The van der Waals surface area contributed by atoms with Crippen molar-refractivity contribution in [2.24, 2.45) is 139 Å². The van der Waals surface area contributed by atoms with Gasteiger partial charge in [-0.1, -0.05) is 160 Å². The summed E-state index contributed by atoms with van der Waals surface area (Å²) in [6.07, 6.45) is 47.7. The molecule has 6 nitrogen and oxygen atoms in total. The van der Waals surface area contributed by atoms with E-state index in [1.807, 2.05) is 0 Å². The molecule has 12 rings (SSSR count). The standard InChI is InChI=1S/3C29H50O2.CH3FS/c3*1-7-29(31)17-15-21-20(18-29)9-10-23-22(21)14-16-28(6)24(11-12-25(23)28)19(2)8-13-26(30)27(3,4)5;1-3-2/h3*9,19,21-26,30-31H,7-8,10-18H2,1-6H3;1H3/t19-,21+,22-,23-,24-,25+,26?,28-,29+;19-,21+,22-,23-,24-,25+,26+,28-,29+;19-,21+,22-,23-,24-,25+,26-,28-,29+;/m111./s1. The van der Waals surface area contributed by atoms with E-state index in [2.05, 4.69) is 143 Å². The van der Waals surface area contributed by atoms with E-state index in [1.54, 1.807) is 16.7 Å². The first-order valence-corrected chi connectivity index (χ1v) is 42.4. The second-order valence-electron chi connectivity index (χ2n) is 40.7. The highest BCUT2D eigenvalue weighted by Gasteiger charge is 2.61. The summed E-state index contributed by atoms with van der Waals surface area (Å²) in [5, 5.41) is 64.4. The number of allylic oxidation sites excluding steroid dienone is 3. The van der Waals surface area contributed by atoms with Crippen molar-refractivity contribution in [3.8, 4) is 0 Å². The quantitative estimate of drug-likeness (QED) is 0.0904. The summed E-state index contributed by atoms with van der Waals surface area (Å²) < 4.78 is 10.2. The van der Waals surface area contributed by atoms with Crippen LogP contribution in [0.5, 0.6) is 0 Å². The minimum Gasteiger partial charge on any atom is -0.393 e. The van der Waals surface area contributed by atoms with Gasteiger partial charge in [-0.3, -0.25) is 0 Å². The van der Waals surface area contributed by atoms with Gasteiger partial charge in [0, 0.05) is 18.4 Å². The summed E-state index contributed by atoms with van der Waals surface area (Å²) in [6.45, 7) is 41.2. The number of aliphatic hydroxyl groups excluding tert-OH is 3. The van der Waals surface area contributed by atoms with E-state index in [-0.39, 0.29) is 46.7 Å². The number of aliphatic hydroxyl groups is 6. The van der Waals surface area contributed by atoms with Gasteiger partial charge in [-0.2, -0.15) is 3.89 Å². The summed E-state index contributed by atoms with van der Waals surface area (Å²) in [6, 6.07) is 0. The molecule has 9 fully saturated rings. The Morgan fingerprint density at radius 1 is 0.396 bits per heavy atom. The van der Waals surface area contributed by atoms with Crippen molar-refractivity contribution in [3.05, 3.63) is 34.9 Å². The molecule has 0 radical (unpaired) electrons. The van der Waals surface area contributed by atoms with Gasteiger partial charge in [-0.05, 0) is 351 Å². The predicted octanol–water partition coefficient (Wildman–Crippen LogP) is 22.7. The van der Waals surface area contributed by atoms with Crippen LogP contribution in [-0.2, 0) is 0 Å². The topological polar surface area (TPSA) is 121 Å². The van der Waals surface area contributed by atoms with Crippen LogP contribution in [0.2, 0.25) is 0 Å². The zero-order chi connectivity index (χ0) is 70.5. The van der Waals surface area contributed by atoms with E-state index in [4.69, 9.17) is 0 Å². The average molecular weight is 1360 g/mol. The van der Waals surface area contributed by atoms with Gasteiger partial charge in [0.05, 0.1) is 35.1 Å². The van der Waals surface area contributed by atoms with Crippen molar-refractivity contribution < 1.29 is 34.5 Å². The van der Waals surface area contributed by atoms with Gasteiger partial charge in [0.2, 0.25) is 0 Å². The maximum Gasteiger partial charge on any atom is 0.0682 e. The van der Waals surface area contributed by atoms with Gasteiger partial charge < -0.3 is 30.6 Å². The number of fused-ring (bicyclic) bond motifs is 15. The zero-order valence-corrected chi connectivity index (χ0v) is 66.5. The molecule has 0 aromatic carbocycles. The molecule has 12 aliphatic rings. The molecule has 6 N–H and O–H groups in total. The first-order valence-electron chi connectivity index (χ1n) is 41.3. The Morgan fingerprint density at radius 2 is 0.635 bits per heavy atom. The van der Waals surface area contributed by atoms with Crippen molar-refractivity contribution >= 4 is 12.1 Å². The van der Waals surface area contributed by atoms with E-state index >= 15 is 0 Å². The second kappa shape index (κ2) is 31.1. The Labute approximate surface area is 595 Å². The van der Waals surface area contributed by atoms with Gasteiger partial charge in [-0.15, -0.1) is 0 Å². The first kappa shape index (κ1) is 79.4. The third-order valence-corrected chi connectivity index (χ3v) is 32.7. The van der Waals surface area contributed by atoms with Crippen LogP contribution in [0.4, 0.5) is 3.89 Å². The number of rotatable bonds is 15. The SMILES string of the molecule is CC[C@]1(O)CC[C@H]2C(=CC[C@@H]3[C@@H]2CC[C@]2(C)[C@@H]([C@H](C)CCC(O)C(C)(C)C)CC[C@@H]32)C1.CC[C@]1(O)CC[C@H]2C(=CC[C@@H]3[C@@H]2CC[C@]2(C)[C@@H]([C@H](C)CC[C@@H](O)C(C)(C)C)CC[C@@H]32)C1.CC[C@]1(O)CC[C@H]2C(=CC[C@@H]3[C@@H]2CC[C@]2(C)[C@@H]([C@H](C)CC[C@H](O)C(C)(C)C)CC[C@@H]32)C1.CSF. The molecule has 0 amide bonds. The van der Waals surface area contributed by atoms with Crippen molar-refractivity contribution in [3.63, 3.8) is 0 Å². The van der Waals surface area contributed by atoms with Crippen LogP contribution in [0.15, 0.2) is 34.9 Å². The van der Waals surface area contributed by atoms with E-state index in [0.717, 1.165) is 166 Å². The van der Waals surface area contributed by atoms with Gasteiger partial charge >= 0.3 is 0 Å². The summed E-state index contributed by atoms with van der Waals surface area (Å²) in [4.78, 5) is 0. The summed E-state index contributed by atoms with van der Waals surface area (Å²) in [7, 11) is 0. The fourth-order valence-electron chi connectivity index (χ4n) is 26.1. The minimum atomic E-state index is -0.427. The van der Waals surface area contributed by atoms with Crippen LogP contribution in [0, 0.1) is 139 Å². The molecular weight excluding hydrogens is 1200 g/mol. The zero-order valence-electron chi connectivity index (χ0n) is 65.7. The lowest BCUT2D eigenvalue weighted by Crippen LogP contribution is -2.48. The minimum absolute atomic E-state index is 0.00401. The van der Waals surface area contributed by atoms with Gasteiger partial charge in [-0.25, -0.2) is 0 Å². The molecule has 0 aliphatic heterocycles. The monoisotopic (exact) mass is 1360 g/mol. The number of hydrogen-bond acceptors (Lipinski definition) is 7. The fourth-order valence-corrected chi connectivity index (χ4v) is 26.1. The van der Waals surface area contributed by atoms with Crippen LogP contribution in [0.25, 0.3) is 0 Å². The van der Waals surface area contributed by atoms with E-state index in [1.165, 1.54) is 141 Å². The van der Waals surface area contributed by atoms with Crippen LogP contribution < -0.4 is 0 Å². The van der Waals surface area contributed by atoms with Gasteiger partial charge in [0.25, 0.3) is 0 Å². The van der Waals surface area contributed by atoms with E-state index < -0.39 is 16.8 Å². The normalized spacial score (nSPS) is 43.4. The van der Waals surface area contributed by atoms with E-state index in [9.17, 15) is 34.5 Å². The molecule has 9 saturated carbocycles. The predicted molar refractivity (Wildman–Crippen MR) is 404 cm³/mol. The van der Waals surface area contributed by atoms with Crippen LogP contribution in [0.1, 0.15) is 337 Å². The summed E-state index contributed by atoms with van der Waals surface area (Å²) in [5.41, 5.74) is 5.03.